The average molecular weight is 588 g/mol. The summed E-state index contributed by atoms with van der Waals surface area (Å²) in [6.07, 6.45) is 5.72. The highest BCUT2D eigenvalue weighted by Crippen LogP contribution is 2.28. The Morgan fingerprint density at radius 1 is 1.15 bits per heavy atom. The van der Waals surface area contributed by atoms with Crippen molar-refractivity contribution in [2.45, 2.75) is 26.7 Å². The molecule has 0 aliphatic heterocycles. The van der Waals surface area contributed by atoms with E-state index in [9.17, 15) is 13.8 Å². The van der Waals surface area contributed by atoms with Crippen molar-refractivity contribution in [3.63, 3.8) is 0 Å². The molecule has 1 heterocycles. The summed E-state index contributed by atoms with van der Waals surface area (Å²) in [4.78, 5) is 27.8. The number of likely N-dealkylation sites (N-methyl/N-ethyl adjacent to an activating group) is 1. The van der Waals surface area contributed by atoms with E-state index in [1.54, 1.807) is 48.0 Å². The number of hydrogen-bond acceptors (Lipinski definition) is 6. The molecule has 0 radical (unpaired) electrons. The molecule has 0 saturated heterocycles. The van der Waals surface area contributed by atoms with Gasteiger partial charge in [0.2, 0.25) is 0 Å². The molecule has 8 nitrogen and oxygen atoms in total. The summed E-state index contributed by atoms with van der Waals surface area (Å²) in [6, 6.07) is 13.8. The van der Waals surface area contributed by atoms with E-state index in [0.29, 0.717) is 21.0 Å². The number of benzene rings is 2. The van der Waals surface area contributed by atoms with E-state index >= 15 is 0 Å². The highest BCUT2D eigenvalue weighted by atomic mass is 35.5. The van der Waals surface area contributed by atoms with Crippen LogP contribution in [-0.4, -0.2) is 46.4 Å². The van der Waals surface area contributed by atoms with Crippen LogP contribution in [0.5, 0.6) is 0 Å². The van der Waals surface area contributed by atoms with Crippen LogP contribution in [0.25, 0.3) is 16.5 Å². The fourth-order valence-corrected chi connectivity index (χ4v) is 5.79. The van der Waals surface area contributed by atoms with Crippen LogP contribution in [0.15, 0.2) is 80.8 Å². The highest BCUT2D eigenvalue weighted by Gasteiger charge is 2.13. The first-order valence-corrected chi connectivity index (χ1v) is 14.9. The largest absolute Gasteiger partial charge is 0.384 e. The van der Waals surface area contributed by atoms with Crippen LogP contribution in [-0.2, 0) is 11.0 Å². The van der Waals surface area contributed by atoms with Crippen molar-refractivity contribution in [1.29, 1.82) is 0 Å². The number of thioether (sulfide) groups is 1. The Balaban J connectivity index is 1.64. The molecule has 2 amide bonds. The van der Waals surface area contributed by atoms with Gasteiger partial charge in [0, 0.05) is 41.7 Å². The van der Waals surface area contributed by atoms with Gasteiger partial charge in [-0.3, -0.25) is 14.1 Å². The molecule has 3 aromatic rings. The molecular formula is C28H34ClN5O3S2. The van der Waals surface area contributed by atoms with Gasteiger partial charge in [0.25, 0.3) is 5.56 Å². The Labute approximate surface area is 241 Å². The van der Waals surface area contributed by atoms with Crippen molar-refractivity contribution in [2.75, 3.05) is 37.3 Å². The topological polar surface area (TPSA) is 95.5 Å². The molecule has 1 aromatic heterocycles. The number of allylic oxidation sites excluding steroid dienone is 1. The maximum absolute atomic E-state index is 13.2. The number of fused-ring (bicyclic) bond motifs is 1. The van der Waals surface area contributed by atoms with E-state index in [1.165, 1.54) is 12.8 Å². The van der Waals surface area contributed by atoms with Crippen molar-refractivity contribution in [3.05, 3.63) is 86.3 Å². The number of urea groups is 1. The number of aromatic nitrogens is 1. The molecule has 2 aromatic carbocycles. The maximum Gasteiger partial charge on any atom is 0.331 e. The van der Waals surface area contributed by atoms with Crippen molar-refractivity contribution in [2.24, 2.45) is 0 Å². The van der Waals surface area contributed by atoms with Crippen LogP contribution in [0.4, 0.5) is 16.2 Å². The monoisotopic (exact) mass is 587 g/mol. The first-order valence-electron chi connectivity index (χ1n) is 12.6. The molecule has 1 unspecified atom stereocenters. The molecule has 11 heteroatoms. The van der Waals surface area contributed by atoms with Crippen LogP contribution in [0, 0.1) is 0 Å². The molecule has 0 spiro atoms. The Morgan fingerprint density at radius 2 is 1.87 bits per heavy atom. The molecular weight excluding hydrogens is 554 g/mol. The predicted molar refractivity (Wildman–Crippen MR) is 167 cm³/mol. The lowest BCUT2D eigenvalue weighted by Gasteiger charge is -2.17. The third kappa shape index (κ3) is 8.99. The molecule has 1 atom stereocenters. The van der Waals surface area contributed by atoms with E-state index in [2.05, 4.69) is 40.8 Å². The van der Waals surface area contributed by atoms with E-state index in [1.807, 2.05) is 24.3 Å². The number of nitrogens with one attached hydrogen (secondary N) is 3. The zero-order valence-electron chi connectivity index (χ0n) is 22.3. The summed E-state index contributed by atoms with van der Waals surface area (Å²) < 4.78 is 16.9. The normalized spacial score (nSPS) is 12.4. The van der Waals surface area contributed by atoms with E-state index in [-0.39, 0.29) is 9.92 Å². The SMILES string of the molecule is C=C(Cl)S/C(=C\C)S(=O)NC(=O)Nc1ccc(-n2ccc3cc(NCCN(C)CCCC)ccc3c2=O)cc1. The summed E-state index contributed by atoms with van der Waals surface area (Å²) >= 11 is 6.77. The number of pyridine rings is 1. The second kappa shape index (κ2) is 14.9. The van der Waals surface area contributed by atoms with Gasteiger partial charge in [-0.15, -0.1) is 0 Å². The van der Waals surface area contributed by atoms with Crippen molar-refractivity contribution >= 4 is 62.5 Å². The summed E-state index contributed by atoms with van der Waals surface area (Å²) in [6.45, 7) is 10.3. The van der Waals surface area contributed by atoms with Crippen LogP contribution in [0.1, 0.15) is 26.7 Å². The molecule has 0 aliphatic rings. The Bertz CT molecular complexity index is 1420. The number of amides is 2. The highest BCUT2D eigenvalue weighted by molar-refractivity contribution is 8.19. The predicted octanol–water partition coefficient (Wildman–Crippen LogP) is 6.22. The molecule has 208 valence electrons. The van der Waals surface area contributed by atoms with Gasteiger partial charge >= 0.3 is 6.03 Å². The second-order valence-corrected chi connectivity index (χ2v) is 12.1. The third-order valence-corrected chi connectivity index (χ3v) is 8.40. The smallest absolute Gasteiger partial charge is 0.331 e. The lowest BCUT2D eigenvalue weighted by atomic mass is 10.1. The first kappa shape index (κ1) is 30.5. The summed E-state index contributed by atoms with van der Waals surface area (Å²) in [5, 5.41) is 7.55. The molecule has 0 aliphatic carbocycles. The van der Waals surface area contributed by atoms with Gasteiger partial charge in [0.1, 0.15) is 0 Å². The number of halogens is 1. The summed E-state index contributed by atoms with van der Waals surface area (Å²) in [5.41, 5.74) is 1.98. The number of anilines is 2. The lowest BCUT2D eigenvalue weighted by Crippen LogP contribution is -2.30. The van der Waals surface area contributed by atoms with Crippen molar-refractivity contribution in [1.82, 2.24) is 14.2 Å². The van der Waals surface area contributed by atoms with Gasteiger partial charge in [0.15, 0.2) is 11.0 Å². The Morgan fingerprint density at radius 3 is 2.54 bits per heavy atom. The lowest BCUT2D eigenvalue weighted by molar-refractivity contribution is 0.257. The van der Waals surface area contributed by atoms with Gasteiger partial charge in [-0.25, -0.2) is 9.00 Å². The van der Waals surface area contributed by atoms with Gasteiger partial charge < -0.3 is 15.5 Å². The average Bonchev–Trinajstić information content (AvgIpc) is 2.91. The van der Waals surface area contributed by atoms with Gasteiger partial charge in [0.05, 0.1) is 8.60 Å². The molecule has 0 saturated carbocycles. The molecule has 0 bridgehead atoms. The summed E-state index contributed by atoms with van der Waals surface area (Å²) in [5.74, 6) is 0. The number of carbonyl (C=O) groups is 1. The van der Waals surface area contributed by atoms with Crippen molar-refractivity contribution in [3.8, 4) is 5.69 Å². The molecule has 39 heavy (non-hydrogen) atoms. The summed E-state index contributed by atoms with van der Waals surface area (Å²) in [7, 11) is 0.350. The van der Waals surface area contributed by atoms with E-state index in [4.69, 9.17) is 11.6 Å². The maximum atomic E-state index is 13.2. The van der Waals surface area contributed by atoms with Crippen LogP contribution in [0.2, 0.25) is 0 Å². The Hall–Kier alpha value is -3.05. The molecule has 0 fully saturated rings. The number of unbranched alkanes of at least 4 members (excludes halogenated alkanes) is 1. The zero-order chi connectivity index (χ0) is 28.4. The third-order valence-electron chi connectivity index (χ3n) is 5.84. The van der Waals surface area contributed by atoms with Gasteiger partial charge in [-0.2, -0.15) is 0 Å². The van der Waals surface area contributed by atoms with Crippen LogP contribution in [0.3, 0.4) is 0 Å². The zero-order valence-corrected chi connectivity index (χ0v) is 24.7. The van der Waals surface area contributed by atoms with Crippen molar-refractivity contribution < 1.29 is 9.00 Å². The van der Waals surface area contributed by atoms with Gasteiger partial charge in [-0.05, 0) is 80.9 Å². The number of hydrogen-bond donors (Lipinski definition) is 3. The van der Waals surface area contributed by atoms with Gasteiger partial charge in [-0.1, -0.05) is 49.4 Å². The minimum absolute atomic E-state index is 0.135. The van der Waals surface area contributed by atoms with Crippen LogP contribution < -0.4 is 20.9 Å². The van der Waals surface area contributed by atoms with Crippen LogP contribution >= 0.6 is 23.4 Å². The molecule has 3 rings (SSSR count). The molecule has 3 N–H and O–H groups in total. The fourth-order valence-electron chi connectivity index (χ4n) is 3.80. The fraction of sp³-hybridized carbons (Fsp3) is 0.286. The number of nitrogens with zero attached hydrogens (tertiary/aromatic N) is 2. The quantitative estimate of drug-likeness (QED) is 0.220. The Kier molecular flexibility index (Phi) is 11.7. The van der Waals surface area contributed by atoms with E-state index < -0.39 is 17.0 Å². The van der Waals surface area contributed by atoms with E-state index in [0.717, 1.165) is 42.5 Å². The minimum Gasteiger partial charge on any atom is -0.384 e. The minimum atomic E-state index is -1.78. The standard InChI is InChI=1S/C28H34ClN5O3S2/c1-5-7-16-33(4)18-15-30-23-10-13-25-21(19-23)14-17-34(27(25)35)24-11-8-22(9-12-24)31-28(36)32-39(37)26(6-2)38-20(3)29/h6,8-14,17,19,30H,3,5,7,15-16,18H2,1-2,4H3,(H2,31,32,36)/b26-6+. The second-order valence-electron chi connectivity index (χ2n) is 8.81. The number of carbonyl (C=O) groups excluding carboxylic acids is 1. The first-order chi connectivity index (χ1) is 18.7. The number of rotatable bonds is 13.